The molecule has 0 radical (unpaired) electrons. The first-order valence-corrected chi connectivity index (χ1v) is 14.9. The number of aromatic nitrogens is 1. The van der Waals surface area contributed by atoms with Gasteiger partial charge >= 0.3 is 5.97 Å². The lowest BCUT2D eigenvalue weighted by molar-refractivity contribution is -0.181. The van der Waals surface area contributed by atoms with Gasteiger partial charge in [0.2, 0.25) is 5.60 Å². The smallest absolute Gasteiger partial charge is 0.346 e. The van der Waals surface area contributed by atoms with E-state index in [1.54, 1.807) is 18.2 Å². The van der Waals surface area contributed by atoms with Crippen molar-refractivity contribution in [1.82, 2.24) is 9.88 Å². The van der Waals surface area contributed by atoms with Crippen molar-refractivity contribution >= 4 is 57.5 Å². The van der Waals surface area contributed by atoms with Gasteiger partial charge in [-0.25, -0.2) is 9.78 Å². The lowest BCUT2D eigenvalue weighted by atomic mass is 9.90. The lowest BCUT2D eigenvalue weighted by Gasteiger charge is -2.34. The van der Waals surface area contributed by atoms with Gasteiger partial charge in [0.25, 0.3) is 11.8 Å². The molecule has 2 amide bonds. The molecule has 1 aromatic carbocycles. The number of aryl methyl sites for hydroxylation is 1. The highest BCUT2D eigenvalue weighted by molar-refractivity contribution is 7.99. The van der Waals surface area contributed by atoms with Crippen LogP contribution in [0.25, 0.3) is 0 Å². The maximum atomic E-state index is 13.9. The number of ether oxygens (including phenoxy) is 2. The first kappa shape index (κ1) is 27.2. The molecule has 0 bridgehead atoms. The van der Waals surface area contributed by atoms with E-state index >= 15 is 0 Å². The summed E-state index contributed by atoms with van der Waals surface area (Å²) in [5, 5.41) is 15.5. The zero-order valence-corrected chi connectivity index (χ0v) is 24.0. The van der Waals surface area contributed by atoms with Crippen LogP contribution >= 0.6 is 34.7 Å². The van der Waals surface area contributed by atoms with Crippen LogP contribution in [0.2, 0.25) is 5.02 Å². The molecule has 208 valence electrons. The fourth-order valence-electron chi connectivity index (χ4n) is 5.21. The number of carboxylic acid groups (broad SMARTS) is 1. The van der Waals surface area contributed by atoms with Gasteiger partial charge in [0.1, 0.15) is 11.3 Å². The molecule has 40 heavy (non-hydrogen) atoms. The normalized spacial score (nSPS) is 22.1. The second-order valence-corrected chi connectivity index (χ2v) is 12.6. The topological polar surface area (TPSA) is 118 Å². The molecule has 5 heterocycles. The summed E-state index contributed by atoms with van der Waals surface area (Å²) < 4.78 is 11.6. The highest BCUT2D eigenvalue weighted by atomic mass is 35.5. The number of hydrogen-bond acceptors (Lipinski definition) is 9. The highest BCUT2D eigenvalue weighted by Crippen LogP contribution is 2.41. The molecule has 0 saturated carbocycles. The number of hydrogen-bond donors (Lipinski definition) is 2. The van der Waals surface area contributed by atoms with E-state index < -0.39 is 23.4 Å². The third-order valence-corrected chi connectivity index (χ3v) is 9.55. The zero-order valence-electron chi connectivity index (χ0n) is 21.6. The number of pyridine rings is 1. The molecular formula is C28H26ClN3O6S2. The molecule has 1 saturated heterocycles. The summed E-state index contributed by atoms with van der Waals surface area (Å²) in [5.41, 5.74) is 0.102. The van der Waals surface area contributed by atoms with E-state index in [0.29, 0.717) is 39.0 Å². The van der Waals surface area contributed by atoms with Crippen molar-refractivity contribution in [3.05, 3.63) is 68.7 Å². The molecule has 2 atom stereocenters. The molecule has 3 aromatic rings. The Balaban J connectivity index is 1.26. The van der Waals surface area contributed by atoms with E-state index in [4.69, 9.17) is 21.1 Å². The number of fused-ring (bicyclic) bond motifs is 2. The van der Waals surface area contributed by atoms with Gasteiger partial charge in [-0.1, -0.05) is 23.4 Å². The van der Waals surface area contributed by atoms with Crippen LogP contribution in [0.1, 0.15) is 51.3 Å². The molecule has 3 aliphatic heterocycles. The van der Waals surface area contributed by atoms with Crippen LogP contribution < -0.4 is 5.32 Å². The van der Waals surface area contributed by atoms with Gasteiger partial charge in [-0.2, -0.15) is 0 Å². The number of carbonyl (C=O) groups is 3. The van der Waals surface area contributed by atoms with Crippen LogP contribution in [0, 0.1) is 6.92 Å². The SMILES string of the molecule is Cc1cc2c(c(Sc3ccc(Cl)cc3)n1)C(=O)N(C(=O)C1(C(=O)O)Cc3cc(NC4CCCCO4)sc3CO1)C2. The number of halogens is 1. The second kappa shape index (κ2) is 10.8. The lowest BCUT2D eigenvalue weighted by Crippen LogP contribution is -2.58. The molecule has 3 aliphatic rings. The molecule has 1 fully saturated rings. The number of aliphatic carboxylic acids is 1. The van der Waals surface area contributed by atoms with Crippen LogP contribution in [0.3, 0.4) is 0 Å². The monoisotopic (exact) mass is 599 g/mol. The van der Waals surface area contributed by atoms with Gasteiger partial charge in [-0.15, -0.1) is 11.3 Å². The average Bonchev–Trinajstić information content (AvgIpc) is 3.49. The second-order valence-electron chi connectivity index (χ2n) is 10.0. The summed E-state index contributed by atoms with van der Waals surface area (Å²) in [6, 6.07) is 10.8. The Bertz CT molecular complexity index is 1500. The molecule has 9 nitrogen and oxygen atoms in total. The first-order chi connectivity index (χ1) is 19.2. The molecule has 6 rings (SSSR count). The number of carboxylic acids is 1. The molecule has 2 N–H and O–H groups in total. The van der Waals surface area contributed by atoms with Gasteiger partial charge in [0, 0.05) is 33.5 Å². The molecule has 2 aromatic heterocycles. The van der Waals surface area contributed by atoms with E-state index in [-0.39, 0.29) is 25.8 Å². The average molecular weight is 600 g/mol. The molecule has 12 heteroatoms. The number of thiophene rings is 1. The standard InChI is InChI=1S/C28H26ClN3O6S2/c1-15-10-17-13-32(25(33)23(17)24(30-15)39-19-7-5-18(29)6-8-19)26(34)28(27(35)36)12-16-11-22(40-20(16)14-38-28)31-21-4-2-3-9-37-21/h5-8,10-11,21,31H,2-4,9,12-14H2,1H3,(H,35,36). The van der Waals surface area contributed by atoms with Crippen molar-refractivity contribution in [3.8, 4) is 0 Å². The molecule has 0 aliphatic carbocycles. The number of nitrogens with zero attached hydrogens (tertiary/aromatic N) is 2. The minimum atomic E-state index is -2.21. The summed E-state index contributed by atoms with van der Waals surface area (Å²) in [5.74, 6) is -2.89. The number of carbonyl (C=O) groups excluding carboxylic acids is 2. The fraction of sp³-hybridized carbons (Fsp3) is 0.357. The third kappa shape index (κ3) is 5.01. The van der Waals surface area contributed by atoms with E-state index in [2.05, 4.69) is 10.3 Å². The number of nitrogens with one attached hydrogen (secondary N) is 1. The Kier molecular flexibility index (Phi) is 7.34. The first-order valence-electron chi connectivity index (χ1n) is 12.9. The molecular weight excluding hydrogens is 574 g/mol. The quantitative estimate of drug-likeness (QED) is 0.288. The molecule has 2 unspecified atom stereocenters. The summed E-state index contributed by atoms with van der Waals surface area (Å²) >= 11 is 8.76. The Labute approximate surface area is 243 Å². The third-order valence-electron chi connectivity index (χ3n) is 7.22. The van der Waals surface area contributed by atoms with Crippen molar-refractivity contribution < 1.29 is 29.0 Å². The number of benzene rings is 1. The Morgan fingerprint density at radius 3 is 2.75 bits per heavy atom. The fourth-order valence-corrected chi connectivity index (χ4v) is 7.38. The van der Waals surface area contributed by atoms with Crippen molar-refractivity contribution in [2.45, 2.75) is 67.5 Å². The Morgan fingerprint density at radius 2 is 2.02 bits per heavy atom. The number of rotatable bonds is 6. The van der Waals surface area contributed by atoms with Crippen LogP contribution in [-0.4, -0.2) is 51.2 Å². The van der Waals surface area contributed by atoms with E-state index in [1.165, 1.54) is 23.1 Å². The van der Waals surface area contributed by atoms with Gasteiger partial charge in [-0.05, 0) is 73.7 Å². The van der Waals surface area contributed by atoms with Crippen molar-refractivity contribution in [3.63, 3.8) is 0 Å². The Hall–Kier alpha value is -2.96. The van der Waals surface area contributed by atoms with Crippen molar-refractivity contribution in [2.75, 3.05) is 11.9 Å². The van der Waals surface area contributed by atoms with Gasteiger partial charge in [0.15, 0.2) is 0 Å². The van der Waals surface area contributed by atoms with Gasteiger partial charge in [-0.3, -0.25) is 14.5 Å². The van der Waals surface area contributed by atoms with Gasteiger partial charge < -0.3 is 19.9 Å². The van der Waals surface area contributed by atoms with Crippen LogP contribution in [0.15, 0.2) is 46.3 Å². The number of amides is 2. The predicted octanol–water partition coefficient (Wildman–Crippen LogP) is 5.27. The summed E-state index contributed by atoms with van der Waals surface area (Å²) in [4.78, 5) is 47.4. The van der Waals surface area contributed by atoms with Crippen molar-refractivity contribution in [1.29, 1.82) is 0 Å². The minimum absolute atomic E-state index is 0.0431. The van der Waals surface area contributed by atoms with E-state index in [1.807, 2.05) is 25.1 Å². The Morgan fingerprint density at radius 1 is 1.23 bits per heavy atom. The maximum Gasteiger partial charge on any atom is 0.346 e. The van der Waals surface area contributed by atoms with E-state index in [9.17, 15) is 19.5 Å². The van der Waals surface area contributed by atoms with Crippen molar-refractivity contribution in [2.24, 2.45) is 0 Å². The number of imide groups is 1. The maximum absolute atomic E-state index is 13.9. The summed E-state index contributed by atoms with van der Waals surface area (Å²) in [6.45, 7) is 2.42. The summed E-state index contributed by atoms with van der Waals surface area (Å²) in [6.07, 6.45) is 2.72. The highest BCUT2D eigenvalue weighted by Gasteiger charge is 2.55. The molecule has 0 spiro atoms. The van der Waals surface area contributed by atoms with E-state index in [0.717, 1.165) is 38.9 Å². The summed E-state index contributed by atoms with van der Waals surface area (Å²) in [7, 11) is 0. The largest absolute Gasteiger partial charge is 0.479 e. The predicted molar refractivity (Wildman–Crippen MR) is 150 cm³/mol. The number of anilines is 1. The minimum Gasteiger partial charge on any atom is -0.479 e. The zero-order chi connectivity index (χ0) is 28.0. The van der Waals surface area contributed by atoms with Gasteiger partial charge in [0.05, 0.1) is 23.7 Å². The van der Waals surface area contributed by atoms with Crippen LogP contribution in [-0.2, 0) is 38.6 Å². The van der Waals surface area contributed by atoms with Crippen LogP contribution in [0.5, 0.6) is 0 Å². The van der Waals surface area contributed by atoms with Crippen LogP contribution in [0.4, 0.5) is 5.00 Å².